The van der Waals surface area contributed by atoms with Gasteiger partial charge in [-0.2, -0.15) is 19.2 Å². The van der Waals surface area contributed by atoms with Crippen LogP contribution >= 0.6 is 0 Å². The van der Waals surface area contributed by atoms with E-state index in [9.17, 15) is 54.9 Å². The van der Waals surface area contributed by atoms with Crippen LogP contribution in [0.4, 0.5) is 0 Å². The molecule has 23 nitrogen and oxygen atoms in total. The summed E-state index contributed by atoms with van der Waals surface area (Å²) >= 11 is 0. The van der Waals surface area contributed by atoms with Gasteiger partial charge in [-0.15, -0.1) is 0 Å². The van der Waals surface area contributed by atoms with Crippen molar-refractivity contribution in [3.63, 3.8) is 0 Å². The van der Waals surface area contributed by atoms with Crippen molar-refractivity contribution in [3.8, 4) is 0 Å². The van der Waals surface area contributed by atoms with Crippen LogP contribution in [-0.2, 0) is 76.3 Å². The Kier molecular flexibility index (Phi) is 20.3. The number of hydrogen-bond donors (Lipinski definition) is 7. The molecule has 3 aliphatic rings. The lowest BCUT2D eigenvalue weighted by molar-refractivity contribution is -0.380. The number of rotatable bonds is 11. The van der Waals surface area contributed by atoms with Crippen molar-refractivity contribution in [3.05, 3.63) is 0 Å². The van der Waals surface area contributed by atoms with E-state index in [2.05, 4.69) is 18.9 Å². The van der Waals surface area contributed by atoms with E-state index in [0.29, 0.717) is 12.8 Å². The van der Waals surface area contributed by atoms with Crippen molar-refractivity contribution in [2.24, 2.45) is 0 Å². The predicted molar refractivity (Wildman–Crippen MR) is 171 cm³/mol. The van der Waals surface area contributed by atoms with Crippen LogP contribution in [0.5, 0.6) is 0 Å². The van der Waals surface area contributed by atoms with Crippen molar-refractivity contribution >= 4 is 36.2 Å². The van der Waals surface area contributed by atoms with Gasteiger partial charge in [-0.25, -0.2) is 19.2 Å². The van der Waals surface area contributed by atoms with Crippen molar-refractivity contribution in [2.45, 2.75) is 131 Å². The number of ether oxygens (including phenoxy) is 8. The fourth-order valence-corrected chi connectivity index (χ4v) is 6.43. The standard InChI is InChI=1S/C16H26O12.C13H22O7.2CO2.CH4/c1-6-7-14(27-5)8(17)9(18)16(28-14,13(22)26-4)15(23,12(21)25-3)10(19)11(20)24-2;1-5-6-13-8(15)7(14)12(3,20-13)11(2,17)9(19-13)10(16)18-4;2*2-1-3;/h8-10,17-19,23H,6-7H2,1-5H3;7-9,14-15,17H,5-6H2,1-4H3;;;1H4/t8-,9-,10?,14-,15-,16+;7-,8-,9?,11?,12?,13?;;;/m11.../s1. The smallest absolute Gasteiger partial charge is 0.373 e. The number of hydrogen-bond acceptors (Lipinski definition) is 23. The highest BCUT2D eigenvalue weighted by atomic mass is 16.8. The average Bonchev–Trinajstić information content (AvgIpc) is 3.48. The topological polar surface area (TPSA) is 352 Å². The Morgan fingerprint density at radius 1 is 0.764 bits per heavy atom. The quantitative estimate of drug-likeness (QED) is 0.0773. The van der Waals surface area contributed by atoms with Crippen LogP contribution in [0, 0.1) is 0 Å². The van der Waals surface area contributed by atoms with Crippen LogP contribution in [0.15, 0.2) is 0 Å². The molecule has 0 radical (unpaired) electrons. The first-order valence-electron chi connectivity index (χ1n) is 15.8. The molecule has 3 aliphatic heterocycles. The second-order valence-electron chi connectivity index (χ2n) is 12.2. The molecule has 3 saturated heterocycles. The second kappa shape index (κ2) is 20.9. The summed E-state index contributed by atoms with van der Waals surface area (Å²) < 4.78 is 39.8. The summed E-state index contributed by atoms with van der Waals surface area (Å²) in [5.41, 5.74) is -10.1. The van der Waals surface area contributed by atoms with Gasteiger partial charge in [0.15, 0.2) is 23.8 Å². The van der Waals surface area contributed by atoms with Gasteiger partial charge in [-0.1, -0.05) is 34.1 Å². The first kappa shape index (κ1) is 53.3. The number of carbonyl (C=O) groups excluding carboxylic acids is 8. The molecule has 0 aromatic rings. The highest BCUT2D eigenvalue weighted by Crippen LogP contribution is 2.54. The van der Waals surface area contributed by atoms with Gasteiger partial charge in [0.1, 0.15) is 35.6 Å². The summed E-state index contributed by atoms with van der Waals surface area (Å²) in [6.45, 7) is 6.30. The Morgan fingerprint density at radius 3 is 1.64 bits per heavy atom. The third kappa shape index (κ3) is 8.94. The van der Waals surface area contributed by atoms with E-state index in [1.54, 1.807) is 6.92 Å². The van der Waals surface area contributed by atoms with Crippen LogP contribution in [0.1, 0.15) is 60.8 Å². The van der Waals surface area contributed by atoms with Crippen molar-refractivity contribution in [1.82, 2.24) is 0 Å². The molecule has 23 heteroatoms. The van der Waals surface area contributed by atoms with Crippen molar-refractivity contribution in [1.29, 1.82) is 0 Å². The lowest BCUT2D eigenvalue weighted by atomic mass is 9.74. The molecule has 0 spiro atoms. The number of methoxy groups -OCH3 is 5. The van der Waals surface area contributed by atoms with Crippen LogP contribution in [0.25, 0.3) is 0 Å². The zero-order chi connectivity index (χ0) is 42.7. The van der Waals surface area contributed by atoms with Gasteiger partial charge in [0, 0.05) is 20.0 Å². The number of fused-ring (bicyclic) bond motifs is 2. The normalized spacial score (nSPS) is 35.6. The number of aliphatic hydroxyl groups is 7. The Labute approximate surface area is 315 Å². The van der Waals surface area contributed by atoms with E-state index in [0.717, 1.165) is 28.4 Å². The molecule has 5 unspecified atom stereocenters. The highest BCUT2D eigenvalue weighted by molar-refractivity contribution is 5.98. The molecule has 0 aromatic carbocycles. The number of carbonyl (C=O) groups is 4. The van der Waals surface area contributed by atoms with Gasteiger partial charge in [-0.3, -0.25) is 0 Å². The van der Waals surface area contributed by atoms with Crippen molar-refractivity contribution in [2.75, 3.05) is 35.5 Å². The predicted octanol–water partition coefficient (Wildman–Crippen LogP) is -3.98. The summed E-state index contributed by atoms with van der Waals surface area (Å²) in [7, 11) is 4.73. The van der Waals surface area contributed by atoms with Gasteiger partial charge in [0.25, 0.3) is 0 Å². The first-order chi connectivity index (χ1) is 25.0. The zero-order valence-electron chi connectivity index (χ0n) is 31.0. The minimum absolute atomic E-state index is 0. The molecule has 0 aliphatic carbocycles. The fraction of sp³-hybridized carbons (Fsp3) is 0.812. The minimum atomic E-state index is -3.57. The van der Waals surface area contributed by atoms with Crippen LogP contribution in [0.2, 0.25) is 0 Å². The molecule has 7 N–H and O–H groups in total. The maximum Gasteiger partial charge on any atom is 0.373 e. The zero-order valence-corrected chi connectivity index (χ0v) is 31.0. The maximum atomic E-state index is 12.7. The minimum Gasteiger partial charge on any atom is -0.467 e. The highest BCUT2D eigenvalue weighted by Gasteiger charge is 2.80. The molecule has 0 saturated carbocycles. The molecule has 3 heterocycles. The van der Waals surface area contributed by atoms with Gasteiger partial charge in [-0.05, 0) is 13.8 Å². The SMILES string of the molecule is C.CCCC12OC(C(=O)OC)C(C)(O)C(C)(O1)[C@H](O)[C@H]2O.CCC[C@@]1(OC)O[C@@](C(=O)OC)([C@](O)(C(=O)OC)C(O)C(=O)OC)[C@H](O)[C@H]1O.O=C=O.O=C=O. The molecular formula is C32H52O23. The summed E-state index contributed by atoms with van der Waals surface area (Å²) in [5.74, 6) is -9.22. The third-order valence-electron chi connectivity index (χ3n) is 9.36. The molecule has 318 valence electrons. The van der Waals surface area contributed by atoms with Crippen molar-refractivity contribution < 1.29 is 112 Å². The van der Waals surface area contributed by atoms with E-state index in [-0.39, 0.29) is 32.6 Å². The second-order valence-corrected chi connectivity index (χ2v) is 12.2. The van der Waals surface area contributed by atoms with Gasteiger partial charge in [0.05, 0.1) is 28.4 Å². The monoisotopic (exact) mass is 804 g/mol. The Balaban J connectivity index is 0. The summed E-state index contributed by atoms with van der Waals surface area (Å²) in [5, 5.41) is 73.8. The molecule has 3 fully saturated rings. The molecule has 0 amide bonds. The van der Waals surface area contributed by atoms with E-state index in [1.165, 1.54) is 21.0 Å². The number of aliphatic hydroxyl groups excluding tert-OH is 5. The molecule has 0 aromatic heterocycles. The molecule has 12 atom stereocenters. The van der Waals surface area contributed by atoms with E-state index >= 15 is 0 Å². The lowest BCUT2D eigenvalue weighted by Crippen LogP contribution is -2.75. The third-order valence-corrected chi connectivity index (χ3v) is 9.36. The molecule has 2 bridgehead atoms. The Hall–Kier alpha value is -3.80. The van der Waals surface area contributed by atoms with Gasteiger partial charge >= 0.3 is 36.2 Å². The van der Waals surface area contributed by atoms with Gasteiger partial charge in [0.2, 0.25) is 11.2 Å². The van der Waals surface area contributed by atoms with Crippen LogP contribution < -0.4 is 0 Å². The molecular weight excluding hydrogens is 752 g/mol. The van der Waals surface area contributed by atoms with E-state index < -0.39 is 94.5 Å². The van der Waals surface area contributed by atoms with Crippen LogP contribution in [-0.4, -0.2) is 178 Å². The van der Waals surface area contributed by atoms with Crippen LogP contribution in [0.3, 0.4) is 0 Å². The lowest BCUT2D eigenvalue weighted by Gasteiger charge is -2.50. The average molecular weight is 805 g/mol. The summed E-state index contributed by atoms with van der Waals surface area (Å²) in [6.07, 6.45) is -9.61. The first-order valence-corrected chi connectivity index (χ1v) is 15.8. The van der Waals surface area contributed by atoms with Gasteiger partial charge < -0.3 is 73.6 Å². The Morgan fingerprint density at radius 2 is 1.25 bits per heavy atom. The number of esters is 4. The van der Waals surface area contributed by atoms with E-state index in [4.69, 9.17) is 38.1 Å². The largest absolute Gasteiger partial charge is 0.467 e. The van der Waals surface area contributed by atoms with E-state index in [1.807, 2.05) is 6.92 Å². The fourth-order valence-electron chi connectivity index (χ4n) is 6.43. The summed E-state index contributed by atoms with van der Waals surface area (Å²) in [6, 6.07) is 0. The molecule has 55 heavy (non-hydrogen) atoms. The maximum absolute atomic E-state index is 12.7. The Bertz CT molecular complexity index is 1360. The summed E-state index contributed by atoms with van der Waals surface area (Å²) in [4.78, 5) is 81.4. The molecule has 3 rings (SSSR count).